The summed E-state index contributed by atoms with van der Waals surface area (Å²) in [7, 11) is 0. The van der Waals surface area contributed by atoms with Gasteiger partial charge in [-0.25, -0.2) is 0 Å². The molecule has 77 heavy (non-hydrogen) atoms. The van der Waals surface area contributed by atoms with Gasteiger partial charge in [-0.15, -0.1) is 0 Å². The molecule has 0 rings (SSSR count). The first kappa shape index (κ1) is 79.7. The average molecular weight is 1140 g/mol. The number of ether oxygens (including phenoxy) is 2. The smallest absolute Gasteiger partial charge is 0.550 e. The standard InChI is InChI=1S/2C34H66O4.Zn/c2*1-3-4-5-6-7-8-9-11-16-19-22-25-28-31-34(37)38-32(2)29-26-23-20-17-14-12-10-13-15-18-21-24-27-30-33(35)36;/h2*32H,3-31H2,1-2H3,(H,35,36);/q;;+2/p-2. The number of hydrogen-bond donors (Lipinski definition) is 0. The van der Waals surface area contributed by atoms with E-state index in [4.69, 9.17) is 9.47 Å². The molecule has 0 saturated heterocycles. The van der Waals surface area contributed by atoms with E-state index in [-0.39, 0.29) is 56.5 Å². The molecule has 9 heteroatoms. The molecule has 0 aromatic carbocycles. The van der Waals surface area contributed by atoms with E-state index < -0.39 is 11.9 Å². The predicted molar refractivity (Wildman–Crippen MR) is 320 cm³/mol. The van der Waals surface area contributed by atoms with Crippen LogP contribution in [0.5, 0.6) is 0 Å². The Balaban J connectivity index is -0.00000140. The number of carboxylic acids is 2. The van der Waals surface area contributed by atoms with E-state index in [0.717, 1.165) is 89.9 Å². The number of aliphatic carboxylic acids is 2. The van der Waals surface area contributed by atoms with Gasteiger partial charge in [0.25, 0.3) is 0 Å². The van der Waals surface area contributed by atoms with E-state index in [1.807, 2.05) is 13.8 Å². The second-order valence-corrected chi connectivity index (χ2v) is 23.6. The maximum absolute atomic E-state index is 12.1. The molecule has 0 aliphatic rings. The molecule has 0 bridgehead atoms. The summed E-state index contributed by atoms with van der Waals surface area (Å²) in [4.78, 5) is 44.9. The van der Waals surface area contributed by atoms with Crippen molar-refractivity contribution in [2.24, 2.45) is 0 Å². The van der Waals surface area contributed by atoms with Crippen LogP contribution in [0.25, 0.3) is 0 Å². The summed E-state index contributed by atoms with van der Waals surface area (Å²) in [5.74, 6) is -1.84. The molecule has 0 aliphatic carbocycles. The molecule has 0 N–H and O–H groups in total. The molecule has 2 unspecified atom stereocenters. The van der Waals surface area contributed by atoms with Gasteiger partial charge in [-0.05, 0) is 78.1 Å². The Hall–Kier alpha value is -1.50. The van der Waals surface area contributed by atoms with Crippen molar-refractivity contribution in [3.63, 3.8) is 0 Å². The van der Waals surface area contributed by atoms with E-state index in [1.165, 1.54) is 257 Å². The quantitative estimate of drug-likeness (QED) is 0.0334. The molecule has 0 aromatic rings. The van der Waals surface area contributed by atoms with Gasteiger partial charge in [-0.1, -0.05) is 309 Å². The third-order valence-corrected chi connectivity index (χ3v) is 15.6. The molecule has 8 nitrogen and oxygen atoms in total. The number of carbonyl (C=O) groups excluding carboxylic acids is 4. The first-order valence-corrected chi connectivity index (χ1v) is 33.9. The summed E-state index contributed by atoms with van der Waals surface area (Å²) < 4.78 is 11.2. The number of hydrogen-bond acceptors (Lipinski definition) is 8. The fourth-order valence-electron chi connectivity index (χ4n) is 10.6. The van der Waals surface area contributed by atoms with Gasteiger partial charge in [0.1, 0.15) is 0 Å². The summed E-state index contributed by atoms with van der Waals surface area (Å²) in [6, 6.07) is 0. The molecule has 0 aromatic heterocycles. The van der Waals surface area contributed by atoms with Gasteiger partial charge in [0, 0.05) is 24.8 Å². The number of carboxylic acid groups (broad SMARTS) is 2. The zero-order valence-corrected chi connectivity index (χ0v) is 55.1. The van der Waals surface area contributed by atoms with Crippen LogP contribution in [0.4, 0.5) is 0 Å². The molecule has 0 aliphatic heterocycles. The van der Waals surface area contributed by atoms with Crippen molar-refractivity contribution in [3.8, 4) is 0 Å². The van der Waals surface area contributed by atoms with Crippen LogP contribution in [0.1, 0.15) is 400 Å². The monoisotopic (exact) mass is 1140 g/mol. The zero-order valence-electron chi connectivity index (χ0n) is 52.1. The zero-order chi connectivity index (χ0) is 55.9. The maximum atomic E-state index is 12.1. The van der Waals surface area contributed by atoms with Crippen LogP contribution in [0.2, 0.25) is 0 Å². The molecule has 2 atom stereocenters. The van der Waals surface area contributed by atoms with Gasteiger partial charge >= 0.3 is 31.4 Å². The molecular formula is C68H130O8Zn. The topological polar surface area (TPSA) is 133 Å². The maximum Gasteiger partial charge on any atom is 2.00 e. The second kappa shape index (κ2) is 68.8. The minimum atomic E-state index is -0.918. The number of carbonyl (C=O) groups is 4. The van der Waals surface area contributed by atoms with E-state index in [1.54, 1.807) is 0 Å². The van der Waals surface area contributed by atoms with Crippen LogP contribution in [-0.2, 0) is 48.1 Å². The largest absolute Gasteiger partial charge is 2.00 e. The van der Waals surface area contributed by atoms with Crippen LogP contribution < -0.4 is 10.2 Å². The second-order valence-electron chi connectivity index (χ2n) is 23.6. The summed E-state index contributed by atoms with van der Waals surface area (Å²) >= 11 is 0. The van der Waals surface area contributed by atoms with Gasteiger partial charge < -0.3 is 29.3 Å². The molecular weight excluding hydrogens is 1010 g/mol. The van der Waals surface area contributed by atoms with Crippen molar-refractivity contribution in [2.45, 2.75) is 412 Å². The molecule has 0 heterocycles. The average Bonchev–Trinajstić information content (AvgIpc) is 3.39. The third-order valence-electron chi connectivity index (χ3n) is 15.6. The van der Waals surface area contributed by atoms with E-state index in [2.05, 4.69) is 13.8 Å². The summed E-state index contributed by atoms with van der Waals surface area (Å²) in [5, 5.41) is 20.7. The van der Waals surface area contributed by atoms with E-state index in [9.17, 15) is 29.4 Å². The number of rotatable bonds is 62. The summed E-state index contributed by atoms with van der Waals surface area (Å²) in [6.07, 6.45) is 69.7. The fourth-order valence-corrected chi connectivity index (χ4v) is 10.6. The number of esters is 2. The first-order valence-electron chi connectivity index (χ1n) is 33.9. The summed E-state index contributed by atoms with van der Waals surface area (Å²) in [6.45, 7) is 8.64. The Kier molecular flexibility index (Phi) is 71.2. The normalized spacial score (nSPS) is 11.9. The van der Waals surface area contributed by atoms with Gasteiger partial charge in [-0.3, -0.25) is 9.59 Å². The molecule has 0 saturated carbocycles. The Bertz CT molecular complexity index is 1110. The minimum Gasteiger partial charge on any atom is -0.550 e. The van der Waals surface area contributed by atoms with Crippen molar-refractivity contribution in [1.82, 2.24) is 0 Å². The minimum absolute atomic E-state index is 0. The Labute approximate surface area is 492 Å². The summed E-state index contributed by atoms with van der Waals surface area (Å²) in [5.41, 5.74) is 0. The predicted octanol–water partition coefficient (Wildman–Crippen LogP) is 20.0. The molecule has 0 radical (unpaired) electrons. The van der Waals surface area contributed by atoms with Crippen molar-refractivity contribution >= 4 is 23.9 Å². The van der Waals surface area contributed by atoms with Crippen molar-refractivity contribution in [2.75, 3.05) is 0 Å². The van der Waals surface area contributed by atoms with Crippen LogP contribution >= 0.6 is 0 Å². The fraction of sp³-hybridized carbons (Fsp3) is 0.941. The van der Waals surface area contributed by atoms with Gasteiger partial charge in [-0.2, -0.15) is 0 Å². The van der Waals surface area contributed by atoms with Crippen molar-refractivity contribution in [1.29, 1.82) is 0 Å². The van der Waals surface area contributed by atoms with Crippen molar-refractivity contribution < 1.29 is 58.3 Å². The Morgan fingerprint density at radius 2 is 0.416 bits per heavy atom. The van der Waals surface area contributed by atoms with Crippen LogP contribution in [0, 0.1) is 0 Å². The van der Waals surface area contributed by atoms with E-state index in [0.29, 0.717) is 12.8 Å². The van der Waals surface area contributed by atoms with E-state index >= 15 is 0 Å². The van der Waals surface area contributed by atoms with Crippen molar-refractivity contribution in [3.05, 3.63) is 0 Å². The number of unbranched alkanes of at least 4 members (excludes halogenated alkanes) is 48. The third kappa shape index (κ3) is 74.5. The van der Waals surface area contributed by atoms with Gasteiger partial charge in [0.2, 0.25) is 0 Å². The molecule has 0 fully saturated rings. The Morgan fingerprint density at radius 3 is 0.597 bits per heavy atom. The Morgan fingerprint density at radius 1 is 0.260 bits per heavy atom. The van der Waals surface area contributed by atoms with Gasteiger partial charge in [0.15, 0.2) is 0 Å². The molecule has 0 spiro atoms. The SMILES string of the molecule is CCCCCCCCCCCCCCCC(=O)OC(C)CCCCCCCCCCCCCCCC(=O)[O-].CCCCCCCCCCCCCCCC(=O)OC(C)CCCCCCCCCCCCCCCC(=O)[O-].[Zn+2]. The van der Waals surface area contributed by atoms with Gasteiger partial charge in [0.05, 0.1) is 12.2 Å². The van der Waals surface area contributed by atoms with Crippen LogP contribution in [0.3, 0.4) is 0 Å². The molecule has 0 amide bonds. The first-order chi connectivity index (χ1) is 37.1. The molecule has 452 valence electrons. The van der Waals surface area contributed by atoms with Crippen LogP contribution in [0.15, 0.2) is 0 Å². The van der Waals surface area contributed by atoms with Crippen LogP contribution in [-0.4, -0.2) is 36.1 Å².